The van der Waals surface area contributed by atoms with Crippen molar-refractivity contribution in [3.63, 3.8) is 0 Å². The monoisotopic (exact) mass is 617 g/mol. The second-order valence-electron chi connectivity index (χ2n) is 9.00. The summed E-state index contributed by atoms with van der Waals surface area (Å²) in [5, 5.41) is 3.40. The maximum Gasteiger partial charge on any atom is 0.231 e. The van der Waals surface area contributed by atoms with Crippen molar-refractivity contribution < 1.29 is 23.2 Å². The van der Waals surface area contributed by atoms with Gasteiger partial charge in [-0.25, -0.2) is 8.78 Å². The molecule has 0 spiro atoms. The van der Waals surface area contributed by atoms with Gasteiger partial charge in [0.1, 0.15) is 21.8 Å². The average molecular weight is 620 g/mol. The van der Waals surface area contributed by atoms with Gasteiger partial charge >= 0.3 is 0 Å². The van der Waals surface area contributed by atoms with Gasteiger partial charge in [0.2, 0.25) is 5.91 Å². The van der Waals surface area contributed by atoms with E-state index in [0.717, 1.165) is 6.07 Å². The molecule has 1 N–H and O–H groups in total. The number of rotatable bonds is 8. The highest BCUT2D eigenvalue weighted by atomic mass is 35.5. The van der Waals surface area contributed by atoms with Crippen LogP contribution in [-0.2, 0) is 22.4 Å². The van der Waals surface area contributed by atoms with Gasteiger partial charge in [-0.2, -0.15) is 0 Å². The number of hydrogen-bond donors (Lipinski definition) is 1. The predicted octanol–water partition coefficient (Wildman–Crippen LogP) is 8.01. The van der Waals surface area contributed by atoms with E-state index in [2.05, 4.69) is 5.32 Å². The zero-order valence-corrected chi connectivity index (χ0v) is 23.3. The standard InChI is InChI=1S/C27H18Cl5F2NO3/c1-12(36)6-14-7-15(22(34)11-21(14)33)9-23(37)17-10-16(3-5-18(17)28)35-26(38)25-24(27(25,31)32)13-2-4-19(29)20(30)8-13/h2-5,7-8,10-11,24-25H,6,9H2,1H3,(H,35,38)/t24-,25+/m0/s1. The Morgan fingerprint density at radius 2 is 1.47 bits per heavy atom. The van der Waals surface area contributed by atoms with Gasteiger partial charge in [0.25, 0.3) is 0 Å². The van der Waals surface area contributed by atoms with Crippen molar-refractivity contribution in [3.8, 4) is 0 Å². The first-order valence-corrected chi connectivity index (χ1v) is 13.1. The molecule has 0 saturated heterocycles. The Morgan fingerprint density at radius 3 is 2.11 bits per heavy atom. The van der Waals surface area contributed by atoms with E-state index in [1.165, 1.54) is 25.1 Å². The summed E-state index contributed by atoms with van der Waals surface area (Å²) < 4.78 is 27.0. The lowest BCUT2D eigenvalue weighted by Crippen LogP contribution is -2.17. The molecule has 1 amide bonds. The van der Waals surface area contributed by atoms with Gasteiger partial charge < -0.3 is 5.32 Å². The first kappa shape index (κ1) is 28.8. The first-order valence-electron chi connectivity index (χ1n) is 11.2. The smallest absolute Gasteiger partial charge is 0.231 e. The van der Waals surface area contributed by atoms with Crippen molar-refractivity contribution in [3.05, 3.63) is 97.5 Å². The molecule has 1 aliphatic rings. The molecular weight excluding hydrogens is 602 g/mol. The Kier molecular flexibility index (Phi) is 8.41. The fourth-order valence-electron chi connectivity index (χ4n) is 4.26. The lowest BCUT2D eigenvalue weighted by Gasteiger charge is -2.11. The van der Waals surface area contributed by atoms with Gasteiger partial charge in [-0.15, -0.1) is 23.2 Å². The van der Waals surface area contributed by atoms with Crippen LogP contribution >= 0.6 is 58.0 Å². The average Bonchev–Trinajstić information content (AvgIpc) is 3.41. The summed E-state index contributed by atoms with van der Waals surface area (Å²) in [4.78, 5) is 37.4. The van der Waals surface area contributed by atoms with E-state index >= 15 is 0 Å². The molecule has 3 aromatic rings. The van der Waals surface area contributed by atoms with E-state index in [1.54, 1.807) is 18.2 Å². The van der Waals surface area contributed by atoms with Gasteiger partial charge in [-0.05, 0) is 60.0 Å². The van der Waals surface area contributed by atoms with Gasteiger partial charge in [-0.1, -0.05) is 40.9 Å². The van der Waals surface area contributed by atoms with E-state index in [9.17, 15) is 23.2 Å². The summed E-state index contributed by atoms with van der Waals surface area (Å²) in [6.45, 7) is 1.28. The number of hydrogen-bond acceptors (Lipinski definition) is 3. The maximum atomic E-state index is 14.4. The Hall–Kier alpha value is -2.22. The summed E-state index contributed by atoms with van der Waals surface area (Å²) in [5.74, 6) is -4.53. The zero-order chi connectivity index (χ0) is 27.9. The largest absolute Gasteiger partial charge is 0.326 e. The molecule has 4 rings (SSSR count). The number of amides is 1. The molecule has 1 saturated carbocycles. The van der Waals surface area contributed by atoms with Crippen molar-refractivity contribution >= 4 is 81.2 Å². The number of ketones is 2. The van der Waals surface area contributed by atoms with Crippen LogP contribution in [0, 0.1) is 17.6 Å². The Labute approximate surface area is 242 Å². The minimum atomic E-state index is -1.38. The van der Waals surface area contributed by atoms with Crippen molar-refractivity contribution in [2.45, 2.75) is 30.0 Å². The van der Waals surface area contributed by atoms with Crippen molar-refractivity contribution in [1.82, 2.24) is 0 Å². The number of Topliss-reactive ketones (excluding diaryl/α,β-unsaturated/α-hetero) is 2. The van der Waals surface area contributed by atoms with Gasteiger partial charge in [0.05, 0.1) is 21.0 Å². The quantitative estimate of drug-likeness (QED) is 0.205. The van der Waals surface area contributed by atoms with E-state index in [-0.39, 0.29) is 39.6 Å². The fourth-order valence-corrected chi connectivity index (χ4v) is 5.62. The second-order valence-corrected chi connectivity index (χ2v) is 11.7. The third kappa shape index (κ3) is 6.00. The van der Waals surface area contributed by atoms with E-state index in [4.69, 9.17) is 58.0 Å². The van der Waals surface area contributed by atoms with Crippen molar-refractivity contribution in [2.24, 2.45) is 5.92 Å². The molecule has 3 aromatic carbocycles. The molecule has 2 atom stereocenters. The second kappa shape index (κ2) is 11.1. The summed E-state index contributed by atoms with van der Waals surface area (Å²) in [6, 6.07) is 10.9. The van der Waals surface area contributed by atoms with E-state index in [0.29, 0.717) is 21.7 Å². The molecule has 1 fully saturated rings. The van der Waals surface area contributed by atoms with Crippen LogP contribution in [0.1, 0.15) is 39.9 Å². The molecule has 0 aliphatic heterocycles. The van der Waals surface area contributed by atoms with E-state index in [1.807, 2.05) is 0 Å². The molecule has 198 valence electrons. The van der Waals surface area contributed by atoms with Crippen LogP contribution in [0.25, 0.3) is 0 Å². The minimum absolute atomic E-state index is 0.0135. The highest BCUT2D eigenvalue weighted by molar-refractivity contribution is 6.53. The van der Waals surface area contributed by atoms with Gasteiger partial charge in [-0.3, -0.25) is 14.4 Å². The van der Waals surface area contributed by atoms with E-state index < -0.39 is 45.9 Å². The summed E-state index contributed by atoms with van der Waals surface area (Å²) in [5.41, 5.74) is 0.793. The fraction of sp³-hybridized carbons (Fsp3) is 0.222. The van der Waals surface area contributed by atoms with Crippen LogP contribution in [0.15, 0.2) is 48.5 Å². The molecular formula is C27H18Cl5F2NO3. The third-order valence-electron chi connectivity index (χ3n) is 6.18. The van der Waals surface area contributed by atoms with Crippen molar-refractivity contribution in [2.75, 3.05) is 5.32 Å². The lowest BCUT2D eigenvalue weighted by molar-refractivity contribution is -0.117. The number of halogens is 7. The zero-order valence-electron chi connectivity index (χ0n) is 19.6. The molecule has 38 heavy (non-hydrogen) atoms. The van der Waals surface area contributed by atoms with Crippen LogP contribution in [0.5, 0.6) is 0 Å². The van der Waals surface area contributed by atoms with Crippen LogP contribution in [0.2, 0.25) is 15.1 Å². The van der Waals surface area contributed by atoms with Crippen LogP contribution in [-0.4, -0.2) is 21.8 Å². The van der Waals surface area contributed by atoms with Crippen LogP contribution < -0.4 is 5.32 Å². The Balaban J connectivity index is 1.52. The summed E-state index contributed by atoms with van der Waals surface area (Å²) in [6.07, 6.45) is -0.675. The number of benzene rings is 3. The molecule has 4 nitrogen and oxygen atoms in total. The van der Waals surface area contributed by atoms with Crippen LogP contribution in [0.4, 0.5) is 14.5 Å². The molecule has 0 heterocycles. The molecule has 0 bridgehead atoms. The molecule has 0 aromatic heterocycles. The van der Waals surface area contributed by atoms with Gasteiger partial charge in [0, 0.05) is 36.1 Å². The maximum absolute atomic E-state index is 14.4. The van der Waals surface area contributed by atoms with Crippen LogP contribution in [0.3, 0.4) is 0 Å². The molecule has 0 radical (unpaired) electrons. The molecule has 0 unspecified atom stereocenters. The molecule has 11 heteroatoms. The SMILES string of the molecule is CC(=O)Cc1cc(CC(=O)c2cc(NC(=O)[C@H]3[C@H](c4ccc(Cl)c(Cl)c4)C3(Cl)Cl)ccc2Cl)c(F)cc1F. The number of carbonyl (C=O) groups is 3. The Morgan fingerprint density at radius 1 is 0.842 bits per heavy atom. The summed E-state index contributed by atoms with van der Waals surface area (Å²) in [7, 11) is 0. The third-order valence-corrected chi connectivity index (χ3v) is 8.19. The highest BCUT2D eigenvalue weighted by Gasteiger charge is 2.67. The number of carbonyl (C=O) groups excluding carboxylic acids is 3. The van der Waals surface area contributed by atoms with Gasteiger partial charge in [0.15, 0.2) is 5.78 Å². The Bertz CT molecular complexity index is 1480. The number of nitrogens with one attached hydrogen (secondary N) is 1. The van der Waals surface area contributed by atoms with Crippen molar-refractivity contribution in [1.29, 1.82) is 0 Å². The molecule has 1 aliphatic carbocycles. The highest BCUT2D eigenvalue weighted by Crippen LogP contribution is 2.65. The normalized spacial score (nSPS) is 17.7. The first-order chi connectivity index (χ1) is 17.8. The lowest BCUT2D eigenvalue weighted by atomic mass is 9.98. The topological polar surface area (TPSA) is 63.2 Å². The summed E-state index contributed by atoms with van der Waals surface area (Å²) >= 11 is 31.1. The minimum Gasteiger partial charge on any atom is -0.326 e. The number of alkyl halides is 2. The predicted molar refractivity (Wildman–Crippen MR) is 146 cm³/mol. The number of anilines is 1.